The molecule has 0 atom stereocenters. The molecule has 0 N–H and O–H groups in total. The number of rotatable bonds is 3. The average molecular weight is 176 g/mol. The van der Waals surface area contributed by atoms with Crippen LogP contribution in [-0.4, -0.2) is 6.29 Å². The minimum absolute atomic E-state index is 0.490. The zero-order chi connectivity index (χ0) is 9.84. The minimum Gasteiger partial charge on any atom is -0.298 e. The van der Waals surface area contributed by atoms with Crippen molar-refractivity contribution in [2.75, 3.05) is 0 Å². The molecule has 1 heteroatoms. The second-order valence-corrected chi connectivity index (χ2v) is 3.58. The van der Waals surface area contributed by atoms with Crippen LogP contribution in [-0.2, 0) is 6.42 Å². The first-order valence-electron chi connectivity index (χ1n) is 4.77. The summed E-state index contributed by atoms with van der Waals surface area (Å²) in [4.78, 5) is 10.8. The number of hydrogen-bond acceptors (Lipinski definition) is 1. The summed E-state index contributed by atoms with van der Waals surface area (Å²) in [6.45, 7) is 6.34. The standard InChI is InChI=1S/C12H16O/c1-4-10-5-6-11(9(2)3)7-12(10)8-13/h5-9H,4H2,1-3H3. The van der Waals surface area contributed by atoms with E-state index in [1.807, 2.05) is 6.07 Å². The third-order valence-electron chi connectivity index (χ3n) is 2.34. The van der Waals surface area contributed by atoms with Crippen LogP contribution in [0.25, 0.3) is 0 Å². The summed E-state index contributed by atoms with van der Waals surface area (Å²) < 4.78 is 0. The third kappa shape index (κ3) is 2.18. The molecule has 0 heterocycles. The Bertz CT molecular complexity index is 300. The molecule has 0 amide bonds. The Labute approximate surface area is 79.8 Å². The van der Waals surface area contributed by atoms with E-state index in [-0.39, 0.29) is 0 Å². The molecular weight excluding hydrogens is 160 g/mol. The Kier molecular flexibility index (Phi) is 3.24. The van der Waals surface area contributed by atoms with Crippen molar-refractivity contribution < 1.29 is 4.79 Å². The molecule has 0 aliphatic heterocycles. The minimum atomic E-state index is 0.490. The van der Waals surface area contributed by atoms with Crippen molar-refractivity contribution in [3.8, 4) is 0 Å². The van der Waals surface area contributed by atoms with Gasteiger partial charge in [-0.05, 0) is 29.5 Å². The Morgan fingerprint density at radius 1 is 1.38 bits per heavy atom. The van der Waals surface area contributed by atoms with E-state index in [1.165, 1.54) is 5.56 Å². The third-order valence-corrected chi connectivity index (χ3v) is 2.34. The first-order valence-corrected chi connectivity index (χ1v) is 4.77. The molecule has 0 unspecified atom stereocenters. The van der Waals surface area contributed by atoms with Gasteiger partial charge in [0.05, 0.1) is 0 Å². The summed E-state index contributed by atoms with van der Waals surface area (Å²) in [7, 11) is 0. The van der Waals surface area contributed by atoms with Gasteiger partial charge in [0.2, 0.25) is 0 Å². The van der Waals surface area contributed by atoms with E-state index >= 15 is 0 Å². The first kappa shape index (κ1) is 9.97. The highest BCUT2D eigenvalue weighted by molar-refractivity contribution is 5.77. The zero-order valence-corrected chi connectivity index (χ0v) is 8.50. The van der Waals surface area contributed by atoms with Gasteiger partial charge in [-0.15, -0.1) is 0 Å². The van der Waals surface area contributed by atoms with Gasteiger partial charge in [-0.2, -0.15) is 0 Å². The number of benzene rings is 1. The number of aldehydes is 1. The van der Waals surface area contributed by atoms with Crippen molar-refractivity contribution in [2.45, 2.75) is 33.1 Å². The summed E-state index contributed by atoms with van der Waals surface area (Å²) in [6, 6.07) is 6.16. The summed E-state index contributed by atoms with van der Waals surface area (Å²) in [5.74, 6) is 0.490. The lowest BCUT2D eigenvalue weighted by atomic mass is 9.97. The van der Waals surface area contributed by atoms with E-state index in [9.17, 15) is 4.79 Å². The van der Waals surface area contributed by atoms with Crippen molar-refractivity contribution in [1.82, 2.24) is 0 Å². The maximum Gasteiger partial charge on any atom is 0.150 e. The summed E-state index contributed by atoms with van der Waals surface area (Å²) in [5.41, 5.74) is 3.22. The van der Waals surface area contributed by atoms with Crippen LogP contribution in [0, 0.1) is 0 Å². The lowest BCUT2D eigenvalue weighted by molar-refractivity contribution is 0.112. The molecule has 1 nitrogen and oxygen atoms in total. The molecule has 13 heavy (non-hydrogen) atoms. The van der Waals surface area contributed by atoms with Gasteiger partial charge in [-0.25, -0.2) is 0 Å². The first-order chi connectivity index (χ1) is 6.19. The second kappa shape index (κ2) is 4.22. The van der Waals surface area contributed by atoms with Crippen LogP contribution in [0.2, 0.25) is 0 Å². The van der Waals surface area contributed by atoms with Gasteiger partial charge < -0.3 is 0 Å². The Balaban J connectivity index is 3.13. The van der Waals surface area contributed by atoms with Crippen LogP contribution >= 0.6 is 0 Å². The van der Waals surface area contributed by atoms with Gasteiger partial charge in [-0.3, -0.25) is 4.79 Å². The average Bonchev–Trinajstić information content (AvgIpc) is 2.16. The van der Waals surface area contributed by atoms with E-state index < -0.39 is 0 Å². The van der Waals surface area contributed by atoms with Crippen LogP contribution in [0.5, 0.6) is 0 Å². The summed E-state index contributed by atoms with van der Waals surface area (Å²) in [5, 5.41) is 0. The molecule has 70 valence electrons. The van der Waals surface area contributed by atoms with Crippen molar-refractivity contribution in [3.63, 3.8) is 0 Å². The topological polar surface area (TPSA) is 17.1 Å². The van der Waals surface area contributed by atoms with Gasteiger partial charge in [-0.1, -0.05) is 32.9 Å². The normalized spacial score (nSPS) is 10.5. The molecule has 1 aromatic carbocycles. The lowest BCUT2D eigenvalue weighted by Gasteiger charge is -2.08. The fourth-order valence-electron chi connectivity index (χ4n) is 1.40. The van der Waals surface area contributed by atoms with Crippen molar-refractivity contribution in [1.29, 1.82) is 0 Å². The largest absolute Gasteiger partial charge is 0.298 e. The number of carbonyl (C=O) groups is 1. The molecule has 0 fully saturated rings. The Morgan fingerprint density at radius 3 is 2.54 bits per heavy atom. The second-order valence-electron chi connectivity index (χ2n) is 3.58. The summed E-state index contributed by atoms with van der Waals surface area (Å²) in [6.07, 6.45) is 1.87. The van der Waals surface area contributed by atoms with Gasteiger partial charge in [0.1, 0.15) is 6.29 Å². The van der Waals surface area contributed by atoms with E-state index in [0.717, 1.165) is 23.8 Å². The van der Waals surface area contributed by atoms with Crippen molar-refractivity contribution in [2.24, 2.45) is 0 Å². The van der Waals surface area contributed by atoms with Crippen molar-refractivity contribution in [3.05, 3.63) is 34.9 Å². The SMILES string of the molecule is CCc1ccc(C(C)C)cc1C=O. The molecule has 1 rings (SSSR count). The molecule has 0 aliphatic carbocycles. The zero-order valence-electron chi connectivity index (χ0n) is 8.50. The summed E-state index contributed by atoms with van der Waals surface area (Å²) >= 11 is 0. The molecule has 0 bridgehead atoms. The fraction of sp³-hybridized carbons (Fsp3) is 0.417. The predicted octanol–water partition coefficient (Wildman–Crippen LogP) is 3.18. The van der Waals surface area contributed by atoms with Crippen LogP contribution in [0.4, 0.5) is 0 Å². The number of aryl methyl sites for hydroxylation is 1. The fourth-order valence-corrected chi connectivity index (χ4v) is 1.40. The monoisotopic (exact) mass is 176 g/mol. The van der Waals surface area contributed by atoms with E-state index in [0.29, 0.717) is 5.92 Å². The molecule has 0 aromatic heterocycles. The Morgan fingerprint density at radius 2 is 2.08 bits per heavy atom. The van der Waals surface area contributed by atoms with Crippen LogP contribution < -0.4 is 0 Å². The van der Waals surface area contributed by atoms with E-state index in [4.69, 9.17) is 0 Å². The number of carbonyl (C=O) groups excluding carboxylic acids is 1. The molecule has 0 saturated heterocycles. The molecule has 1 aromatic rings. The smallest absolute Gasteiger partial charge is 0.150 e. The van der Waals surface area contributed by atoms with Crippen molar-refractivity contribution >= 4 is 6.29 Å². The maximum absolute atomic E-state index is 10.8. The lowest BCUT2D eigenvalue weighted by Crippen LogP contribution is -1.95. The van der Waals surface area contributed by atoms with Crippen LogP contribution in [0.3, 0.4) is 0 Å². The van der Waals surface area contributed by atoms with E-state index in [1.54, 1.807) is 0 Å². The van der Waals surface area contributed by atoms with E-state index in [2.05, 4.69) is 32.9 Å². The van der Waals surface area contributed by atoms with Gasteiger partial charge in [0.25, 0.3) is 0 Å². The highest BCUT2D eigenvalue weighted by Crippen LogP contribution is 2.18. The molecule has 0 aliphatic rings. The molecular formula is C12H16O. The highest BCUT2D eigenvalue weighted by atomic mass is 16.1. The quantitative estimate of drug-likeness (QED) is 0.646. The van der Waals surface area contributed by atoms with Gasteiger partial charge >= 0.3 is 0 Å². The number of hydrogen-bond donors (Lipinski definition) is 0. The molecule has 0 saturated carbocycles. The van der Waals surface area contributed by atoms with Gasteiger partial charge in [0.15, 0.2) is 0 Å². The van der Waals surface area contributed by atoms with Crippen LogP contribution in [0.1, 0.15) is 48.2 Å². The molecule has 0 spiro atoms. The van der Waals surface area contributed by atoms with Crippen LogP contribution in [0.15, 0.2) is 18.2 Å². The van der Waals surface area contributed by atoms with Gasteiger partial charge in [0, 0.05) is 5.56 Å². The highest BCUT2D eigenvalue weighted by Gasteiger charge is 2.03. The Hall–Kier alpha value is -1.11. The molecule has 0 radical (unpaired) electrons. The predicted molar refractivity (Wildman–Crippen MR) is 55.3 cm³/mol. The maximum atomic E-state index is 10.8.